The molecule has 174 valence electrons. The number of hydrogen-bond donors (Lipinski definition) is 2. The highest BCUT2D eigenvalue weighted by atomic mass is 32.1. The van der Waals surface area contributed by atoms with Crippen LogP contribution in [0, 0.1) is 5.82 Å². The second-order valence-electron chi connectivity index (χ2n) is 7.50. The van der Waals surface area contributed by atoms with Crippen molar-refractivity contribution in [3.8, 4) is 17.0 Å². The molecule has 10 heteroatoms. The summed E-state index contributed by atoms with van der Waals surface area (Å²) in [5.41, 5.74) is 0.476. The molecule has 0 atom stereocenters. The summed E-state index contributed by atoms with van der Waals surface area (Å²) in [7, 11) is 0. The number of nitrogens with zero attached hydrogens (tertiary/aromatic N) is 1. The molecule has 1 aliphatic rings. The van der Waals surface area contributed by atoms with Crippen molar-refractivity contribution in [3.05, 3.63) is 80.0 Å². The van der Waals surface area contributed by atoms with Gasteiger partial charge >= 0.3 is 11.0 Å². The number of benzene rings is 2. The summed E-state index contributed by atoms with van der Waals surface area (Å²) in [6.07, 6.45) is -2.95. The fraction of sp³-hybridized carbons (Fsp3) is 0.261. The highest BCUT2D eigenvalue weighted by Gasteiger charge is 2.34. The molecule has 0 radical (unpaired) electrons. The number of hydrogen-bond acceptors (Lipinski definition) is 5. The third kappa shape index (κ3) is 5.35. The Morgan fingerprint density at radius 2 is 1.88 bits per heavy atom. The summed E-state index contributed by atoms with van der Waals surface area (Å²) in [5.74, 6) is -1.61. The second-order valence-corrected chi connectivity index (χ2v) is 8.48. The van der Waals surface area contributed by atoms with E-state index in [2.05, 4.69) is 9.88 Å². The molecule has 2 heterocycles. The molecule has 2 aromatic carbocycles. The topological polar surface area (TPSA) is 65.6 Å². The summed E-state index contributed by atoms with van der Waals surface area (Å²) in [5, 5.41) is 10.3. The minimum atomic E-state index is -4.82. The number of thiazole rings is 1. The quantitative estimate of drug-likeness (QED) is 0.519. The molecule has 0 spiro atoms. The van der Waals surface area contributed by atoms with Gasteiger partial charge in [-0.05, 0) is 34.9 Å². The summed E-state index contributed by atoms with van der Waals surface area (Å²) in [4.78, 5) is 16.2. The number of nitrogens with one attached hydrogen (secondary N) is 1. The van der Waals surface area contributed by atoms with Gasteiger partial charge in [-0.1, -0.05) is 41.7 Å². The number of ether oxygens (including phenoxy) is 1. The third-order valence-corrected chi connectivity index (χ3v) is 6.22. The largest absolute Gasteiger partial charge is 0.493 e. The first-order valence-electron chi connectivity index (χ1n) is 10.1. The van der Waals surface area contributed by atoms with Crippen LogP contribution in [0.1, 0.15) is 16.0 Å². The van der Waals surface area contributed by atoms with Crippen LogP contribution in [0.2, 0.25) is 0 Å². The van der Waals surface area contributed by atoms with E-state index in [9.17, 15) is 27.5 Å². The van der Waals surface area contributed by atoms with Gasteiger partial charge in [0.15, 0.2) is 0 Å². The maximum absolute atomic E-state index is 13.7. The van der Waals surface area contributed by atoms with E-state index in [0.717, 1.165) is 36.6 Å². The lowest BCUT2D eigenvalue weighted by Gasteiger charge is -2.25. The number of halogens is 4. The van der Waals surface area contributed by atoms with Gasteiger partial charge in [0.05, 0.1) is 23.7 Å². The Kier molecular flexibility index (Phi) is 6.68. The molecule has 1 aromatic heterocycles. The van der Waals surface area contributed by atoms with Gasteiger partial charge in [-0.2, -0.15) is 13.2 Å². The van der Waals surface area contributed by atoms with Crippen LogP contribution in [0.25, 0.3) is 16.7 Å². The standard InChI is InChI=1S/C23H20F4N2O3S/c24-19-5-4-15(13-18(19)23(25,26)27)14-2-1-3-16(12-14)17(20-21(30)28-22(31)33-20)6-7-29-8-10-32-11-9-29/h1-6,12-13,30H,7-11H2,(H,28,31). The van der Waals surface area contributed by atoms with Crippen molar-refractivity contribution < 1.29 is 27.4 Å². The average Bonchev–Trinajstić information content (AvgIpc) is 3.12. The summed E-state index contributed by atoms with van der Waals surface area (Å²) >= 11 is 0.842. The molecule has 33 heavy (non-hydrogen) atoms. The van der Waals surface area contributed by atoms with Crippen molar-refractivity contribution in [3.63, 3.8) is 0 Å². The van der Waals surface area contributed by atoms with E-state index in [1.807, 2.05) is 6.08 Å². The van der Waals surface area contributed by atoms with E-state index < -0.39 is 22.4 Å². The Balaban J connectivity index is 1.75. The Morgan fingerprint density at radius 1 is 1.15 bits per heavy atom. The Labute approximate surface area is 190 Å². The number of aromatic nitrogens is 1. The van der Waals surface area contributed by atoms with Crippen molar-refractivity contribution in [2.75, 3.05) is 32.8 Å². The van der Waals surface area contributed by atoms with Crippen molar-refractivity contribution in [1.29, 1.82) is 0 Å². The van der Waals surface area contributed by atoms with Crippen LogP contribution in [0.3, 0.4) is 0 Å². The van der Waals surface area contributed by atoms with E-state index in [4.69, 9.17) is 4.74 Å². The molecular weight excluding hydrogens is 460 g/mol. The van der Waals surface area contributed by atoms with Gasteiger partial charge in [0.1, 0.15) is 5.82 Å². The van der Waals surface area contributed by atoms with Crippen LogP contribution in [0.5, 0.6) is 5.88 Å². The van der Waals surface area contributed by atoms with Crippen LogP contribution in [-0.2, 0) is 10.9 Å². The van der Waals surface area contributed by atoms with Gasteiger partial charge in [-0.25, -0.2) is 4.39 Å². The predicted octanol–water partition coefficient (Wildman–Crippen LogP) is 4.73. The minimum absolute atomic E-state index is 0.199. The zero-order valence-electron chi connectivity index (χ0n) is 17.3. The van der Waals surface area contributed by atoms with Gasteiger partial charge < -0.3 is 9.84 Å². The molecule has 1 fully saturated rings. The Hall–Kier alpha value is -2.95. The zero-order valence-corrected chi connectivity index (χ0v) is 18.1. The predicted molar refractivity (Wildman–Crippen MR) is 118 cm³/mol. The first kappa shape index (κ1) is 23.2. The number of rotatable bonds is 5. The molecule has 0 saturated carbocycles. The number of aromatic hydroxyl groups is 1. The number of alkyl halides is 3. The van der Waals surface area contributed by atoms with Crippen LogP contribution in [-0.4, -0.2) is 47.8 Å². The molecule has 0 aliphatic carbocycles. The maximum Gasteiger partial charge on any atom is 0.419 e. The lowest BCUT2D eigenvalue weighted by Crippen LogP contribution is -2.36. The molecule has 5 nitrogen and oxygen atoms in total. The van der Waals surface area contributed by atoms with E-state index in [0.29, 0.717) is 41.3 Å². The summed E-state index contributed by atoms with van der Waals surface area (Å²) in [6, 6.07) is 9.54. The SMILES string of the molecule is O=c1[nH]c(O)c(C(=CCN2CCOCC2)c2cccc(-c3ccc(F)c(C(F)(F)F)c3)c2)s1. The average molecular weight is 480 g/mol. The van der Waals surface area contributed by atoms with E-state index in [1.165, 1.54) is 6.07 Å². The first-order chi connectivity index (χ1) is 15.7. The Morgan fingerprint density at radius 3 is 2.55 bits per heavy atom. The molecule has 1 aliphatic heterocycles. The van der Waals surface area contributed by atoms with Crippen molar-refractivity contribution in [1.82, 2.24) is 9.88 Å². The number of morpholine rings is 1. The fourth-order valence-electron chi connectivity index (χ4n) is 3.64. The maximum atomic E-state index is 13.7. The highest BCUT2D eigenvalue weighted by Crippen LogP contribution is 2.36. The van der Waals surface area contributed by atoms with Gasteiger partial charge in [0.2, 0.25) is 5.88 Å². The first-order valence-corrected chi connectivity index (χ1v) is 10.9. The van der Waals surface area contributed by atoms with Crippen LogP contribution < -0.4 is 4.87 Å². The lowest BCUT2D eigenvalue weighted by atomic mass is 9.96. The van der Waals surface area contributed by atoms with Crippen LogP contribution >= 0.6 is 11.3 Å². The summed E-state index contributed by atoms with van der Waals surface area (Å²) < 4.78 is 58.6. The number of aromatic amines is 1. The van der Waals surface area contributed by atoms with Gasteiger partial charge in [0.25, 0.3) is 0 Å². The second kappa shape index (κ2) is 9.50. The van der Waals surface area contributed by atoms with E-state index >= 15 is 0 Å². The lowest BCUT2D eigenvalue weighted by molar-refractivity contribution is -0.139. The highest BCUT2D eigenvalue weighted by molar-refractivity contribution is 7.10. The van der Waals surface area contributed by atoms with Crippen molar-refractivity contribution in [2.24, 2.45) is 0 Å². The molecule has 0 unspecified atom stereocenters. The van der Waals surface area contributed by atoms with Crippen molar-refractivity contribution >= 4 is 16.9 Å². The van der Waals surface area contributed by atoms with Crippen LogP contribution in [0.4, 0.5) is 17.6 Å². The van der Waals surface area contributed by atoms with E-state index in [1.54, 1.807) is 24.3 Å². The zero-order chi connectivity index (χ0) is 23.6. The van der Waals surface area contributed by atoms with Crippen LogP contribution in [0.15, 0.2) is 53.3 Å². The van der Waals surface area contributed by atoms with Gasteiger partial charge in [-0.15, -0.1) is 0 Å². The third-order valence-electron chi connectivity index (χ3n) is 5.31. The minimum Gasteiger partial charge on any atom is -0.493 e. The molecule has 2 N–H and O–H groups in total. The molecule has 3 aromatic rings. The van der Waals surface area contributed by atoms with Gasteiger partial charge in [-0.3, -0.25) is 14.7 Å². The monoisotopic (exact) mass is 480 g/mol. The fourth-order valence-corrected chi connectivity index (χ4v) is 4.43. The molecule has 0 amide bonds. The van der Waals surface area contributed by atoms with Crippen molar-refractivity contribution in [2.45, 2.75) is 6.18 Å². The number of H-pyrrole nitrogens is 1. The van der Waals surface area contributed by atoms with Gasteiger partial charge in [0, 0.05) is 25.2 Å². The van der Waals surface area contributed by atoms with E-state index in [-0.39, 0.29) is 11.4 Å². The molecule has 0 bridgehead atoms. The molecule has 4 rings (SSSR count). The summed E-state index contributed by atoms with van der Waals surface area (Å²) in [6.45, 7) is 3.20. The molecular formula is C23H20F4N2O3S. The molecule has 1 saturated heterocycles. The smallest absolute Gasteiger partial charge is 0.419 e. The Bertz CT molecular complexity index is 1230. The normalized spacial score (nSPS) is 15.7.